The van der Waals surface area contributed by atoms with Crippen LogP contribution in [0.25, 0.3) is 0 Å². The first-order chi connectivity index (χ1) is 9.95. The Morgan fingerprint density at radius 3 is 2.67 bits per heavy atom. The highest BCUT2D eigenvalue weighted by Crippen LogP contribution is 2.23. The molecular weight excluding hydrogens is 281 g/mol. The first kappa shape index (κ1) is 15.8. The predicted molar refractivity (Wildman–Crippen MR) is 72.7 cm³/mol. The molecule has 1 heterocycles. The summed E-state index contributed by atoms with van der Waals surface area (Å²) in [6.07, 6.45) is 3.00. The highest BCUT2D eigenvalue weighted by molar-refractivity contribution is 5.73. The highest BCUT2D eigenvalue weighted by Gasteiger charge is 2.21. The Hall–Kier alpha value is -1.56. The fourth-order valence-corrected chi connectivity index (χ4v) is 2.80. The molecule has 0 aromatic heterocycles. The normalized spacial score (nSPS) is 19.7. The van der Waals surface area contributed by atoms with Crippen LogP contribution in [0.5, 0.6) is 0 Å². The molecule has 1 aromatic carbocycles. The van der Waals surface area contributed by atoms with Gasteiger partial charge in [-0.05, 0) is 37.8 Å². The lowest BCUT2D eigenvalue weighted by atomic mass is 9.93. The molecule has 116 valence electrons. The van der Waals surface area contributed by atoms with Crippen LogP contribution < -0.4 is 5.73 Å². The zero-order valence-electron chi connectivity index (χ0n) is 11.7. The van der Waals surface area contributed by atoms with Crippen molar-refractivity contribution in [3.8, 4) is 0 Å². The molecular formula is C15H19F3N2O. The molecule has 1 aliphatic heterocycles. The van der Waals surface area contributed by atoms with Crippen LogP contribution in [0.4, 0.5) is 13.2 Å². The van der Waals surface area contributed by atoms with Gasteiger partial charge in [-0.3, -0.25) is 9.69 Å². The van der Waals surface area contributed by atoms with E-state index in [0.717, 1.165) is 25.5 Å². The zero-order chi connectivity index (χ0) is 15.4. The summed E-state index contributed by atoms with van der Waals surface area (Å²) in [7, 11) is 0. The van der Waals surface area contributed by atoms with Crippen molar-refractivity contribution in [1.82, 2.24) is 4.90 Å². The monoisotopic (exact) mass is 300 g/mol. The van der Waals surface area contributed by atoms with E-state index in [0.29, 0.717) is 31.4 Å². The molecule has 0 saturated carbocycles. The number of carbonyl (C=O) groups is 1. The number of rotatable bonds is 5. The molecule has 1 saturated heterocycles. The van der Waals surface area contributed by atoms with Crippen LogP contribution in [0.2, 0.25) is 0 Å². The first-order valence-electron chi connectivity index (χ1n) is 7.09. The van der Waals surface area contributed by atoms with Gasteiger partial charge < -0.3 is 5.73 Å². The molecule has 0 spiro atoms. The fraction of sp³-hybridized carbons (Fsp3) is 0.533. The van der Waals surface area contributed by atoms with Gasteiger partial charge in [-0.2, -0.15) is 0 Å². The number of halogens is 3. The molecule has 1 atom stereocenters. The number of piperidine rings is 1. The quantitative estimate of drug-likeness (QED) is 0.850. The summed E-state index contributed by atoms with van der Waals surface area (Å²) in [5, 5.41) is 0. The number of benzene rings is 1. The van der Waals surface area contributed by atoms with Crippen LogP contribution in [-0.2, 0) is 11.3 Å². The molecule has 1 aliphatic rings. The molecule has 1 amide bonds. The lowest BCUT2D eigenvalue weighted by Gasteiger charge is -2.32. The predicted octanol–water partition coefficient (Wildman–Crippen LogP) is 2.58. The summed E-state index contributed by atoms with van der Waals surface area (Å²) >= 11 is 0. The van der Waals surface area contributed by atoms with E-state index in [9.17, 15) is 18.0 Å². The van der Waals surface area contributed by atoms with Crippen molar-refractivity contribution in [3.05, 3.63) is 35.1 Å². The smallest absolute Gasteiger partial charge is 0.217 e. The standard InChI is InChI=1S/C15H19F3N2O/c16-12-7-14(18)13(17)6-11(12)9-20-5-1-2-10(8-20)3-4-15(19)21/h6-7,10H,1-5,8-9H2,(H2,19,21)/t10-/m1/s1. The van der Waals surface area contributed by atoms with Gasteiger partial charge >= 0.3 is 0 Å². The zero-order valence-corrected chi connectivity index (χ0v) is 11.7. The van der Waals surface area contributed by atoms with E-state index in [2.05, 4.69) is 0 Å². The maximum absolute atomic E-state index is 13.6. The van der Waals surface area contributed by atoms with Crippen LogP contribution in [0.1, 0.15) is 31.2 Å². The molecule has 1 fully saturated rings. The molecule has 0 aliphatic carbocycles. The maximum atomic E-state index is 13.6. The Morgan fingerprint density at radius 2 is 1.95 bits per heavy atom. The lowest BCUT2D eigenvalue weighted by Crippen LogP contribution is -2.35. The van der Waals surface area contributed by atoms with Gasteiger partial charge in [0, 0.05) is 31.1 Å². The Labute approximate surface area is 121 Å². The summed E-state index contributed by atoms with van der Waals surface area (Å²) in [6.45, 7) is 1.74. The molecule has 21 heavy (non-hydrogen) atoms. The number of nitrogens with zero attached hydrogens (tertiary/aromatic N) is 1. The third-order valence-electron chi connectivity index (χ3n) is 3.89. The average molecular weight is 300 g/mol. The van der Waals surface area contributed by atoms with Gasteiger partial charge in [-0.15, -0.1) is 0 Å². The van der Waals surface area contributed by atoms with E-state index in [1.807, 2.05) is 4.90 Å². The summed E-state index contributed by atoms with van der Waals surface area (Å²) in [5.41, 5.74) is 5.30. The second-order valence-electron chi connectivity index (χ2n) is 5.61. The Morgan fingerprint density at radius 1 is 1.24 bits per heavy atom. The van der Waals surface area contributed by atoms with Crippen molar-refractivity contribution >= 4 is 5.91 Å². The number of primary amides is 1. The van der Waals surface area contributed by atoms with Crippen molar-refractivity contribution < 1.29 is 18.0 Å². The van der Waals surface area contributed by atoms with Gasteiger partial charge in [0.25, 0.3) is 0 Å². The van der Waals surface area contributed by atoms with Gasteiger partial charge in [0.15, 0.2) is 11.6 Å². The number of hydrogen-bond donors (Lipinski definition) is 1. The van der Waals surface area contributed by atoms with Crippen LogP contribution in [0.3, 0.4) is 0 Å². The van der Waals surface area contributed by atoms with E-state index >= 15 is 0 Å². The van der Waals surface area contributed by atoms with E-state index in [4.69, 9.17) is 5.73 Å². The Bertz CT molecular complexity index is 522. The number of hydrogen-bond acceptors (Lipinski definition) is 2. The third kappa shape index (κ3) is 4.46. The third-order valence-corrected chi connectivity index (χ3v) is 3.89. The minimum Gasteiger partial charge on any atom is -0.370 e. The number of amides is 1. The average Bonchev–Trinajstić information content (AvgIpc) is 2.43. The highest BCUT2D eigenvalue weighted by atomic mass is 19.2. The molecule has 0 bridgehead atoms. The summed E-state index contributed by atoms with van der Waals surface area (Å²) in [4.78, 5) is 12.8. The second kappa shape index (κ2) is 6.93. The van der Waals surface area contributed by atoms with Crippen LogP contribution in [0.15, 0.2) is 12.1 Å². The van der Waals surface area contributed by atoms with Crippen molar-refractivity contribution in [2.24, 2.45) is 11.7 Å². The van der Waals surface area contributed by atoms with Crippen molar-refractivity contribution in [1.29, 1.82) is 0 Å². The van der Waals surface area contributed by atoms with Gasteiger partial charge in [-0.25, -0.2) is 13.2 Å². The van der Waals surface area contributed by atoms with E-state index in [1.54, 1.807) is 0 Å². The Balaban J connectivity index is 1.96. The molecule has 0 radical (unpaired) electrons. The summed E-state index contributed by atoms with van der Waals surface area (Å²) in [5.74, 6) is -2.92. The number of nitrogens with two attached hydrogens (primary N) is 1. The summed E-state index contributed by atoms with van der Waals surface area (Å²) < 4.78 is 39.7. The number of carbonyl (C=O) groups excluding carboxylic acids is 1. The molecule has 6 heteroatoms. The minimum absolute atomic E-state index is 0.157. The van der Waals surface area contributed by atoms with Crippen LogP contribution in [0, 0.1) is 23.4 Å². The number of likely N-dealkylation sites (tertiary alicyclic amines) is 1. The van der Waals surface area contributed by atoms with Gasteiger partial charge in [0.05, 0.1) is 0 Å². The fourth-order valence-electron chi connectivity index (χ4n) is 2.80. The van der Waals surface area contributed by atoms with Crippen molar-refractivity contribution in [3.63, 3.8) is 0 Å². The van der Waals surface area contributed by atoms with Gasteiger partial charge in [0.1, 0.15) is 5.82 Å². The van der Waals surface area contributed by atoms with E-state index < -0.39 is 17.5 Å². The van der Waals surface area contributed by atoms with Crippen molar-refractivity contribution in [2.75, 3.05) is 13.1 Å². The molecule has 1 aromatic rings. The van der Waals surface area contributed by atoms with Crippen molar-refractivity contribution in [2.45, 2.75) is 32.2 Å². The van der Waals surface area contributed by atoms with E-state index in [-0.39, 0.29) is 18.0 Å². The SMILES string of the molecule is NC(=O)CC[C@H]1CCCN(Cc2cc(F)c(F)cc2F)C1. The topological polar surface area (TPSA) is 46.3 Å². The molecule has 2 rings (SSSR count). The lowest BCUT2D eigenvalue weighted by molar-refractivity contribution is -0.118. The Kier molecular flexibility index (Phi) is 5.22. The minimum atomic E-state index is -1.17. The molecule has 2 N–H and O–H groups in total. The van der Waals surface area contributed by atoms with Crippen LogP contribution >= 0.6 is 0 Å². The molecule has 3 nitrogen and oxygen atoms in total. The summed E-state index contributed by atoms with van der Waals surface area (Å²) in [6, 6.07) is 1.50. The van der Waals surface area contributed by atoms with E-state index in [1.165, 1.54) is 0 Å². The van der Waals surface area contributed by atoms with Gasteiger partial charge in [0.2, 0.25) is 5.91 Å². The maximum Gasteiger partial charge on any atom is 0.217 e. The molecule has 0 unspecified atom stereocenters. The van der Waals surface area contributed by atoms with Gasteiger partial charge in [-0.1, -0.05) is 0 Å². The first-order valence-corrected chi connectivity index (χ1v) is 7.09. The second-order valence-corrected chi connectivity index (χ2v) is 5.61. The largest absolute Gasteiger partial charge is 0.370 e. The van der Waals surface area contributed by atoms with Crippen LogP contribution in [-0.4, -0.2) is 23.9 Å².